The van der Waals surface area contributed by atoms with Crippen LogP contribution in [0.15, 0.2) is 22.7 Å². The van der Waals surface area contributed by atoms with Crippen molar-refractivity contribution in [2.24, 2.45) is 5.92 Å². The molecule has 1 aromatic carbocycles. The van der Waals surface area contributed by atoms with Gasteiger partial charge >= 0.3 is 0 Å². The molecule has 8 heteroatoms. The molecular weight excluding hydrogens is 348 g/mol. The molecule has 0 bridgehead atoms. The molecule has 146 valence electrons. The second kappa shape index (κ2) is 8.85. The fourth-order valence-electron chi connectivity index (χ4n) is 2.79. The van der Waals surface area contributed by atoms with Crippen LogP contribution in [0.1, 0.15) is 32.5 Å². The molecule has 1 aromatic heterocycles. The highest BCUT2D eigenvalue weighted by Gasteiger charge is 2.16. The summed E-state index contributed by atoms with van der Waals surface area (Å²) >= 11 is 0. The molecule has 0 unspecified atom stereocenters. The van der Waals surface area contributed by atoms with Gasteiger partial charge in [0.25, 0.3) is 0 Å². The topological polar surface area (TPSA) is 89.7 Å². The fourth-order valence-corrected chi connectivity index (χ4v) is 2.79. The molecular formula is C19H26N4O4. The molecule has 0 spiro atoms. The Morgan fingerprint density at radius 2 is 2.04 bits per heavy atom. The van der Waals surface area contributed by atoms with E-state index in [9.17, 15) is 4.79 Å². The van der Waals surface area contributed by atoms with E-state index in [0.717, 1.165) is 6.42 Å². The molecule has 1 aliphatic heterocycles. The predicted molar refractivity (Wildman–Crippen MR) is 99.9 cm³/mol. The number of nitrogens with one attached hydrogen (secondary N) is 1. The lowest BCUT2D eigenvalue weighted by Gasteiger charge is -2.20. The van der Waals surface area contributed by atoms with Crippen molar-refractivity contribution in [3.63, 3.8) is 0 Å². The molecule has 27 heavy (non-hydrogen) atoms. The first-order chi connectivity index (χ1) is 13.0. The van der Waals surface area contributed by atoms with Crippen molar-refractivity contribution in [2.75, 3.05) is 31.6 Å². The van der Waals surface area contributed by atoms with E-state index in [1.807, 2.05) is 11.8 Å². The Morgan fingerprint density at radius 1 is 1.26 bits per heavy atom. The fraction of sp³-hybridized carbons (Fsp3) is 0.526. The number of hydrogen-bond acceptors (Lipinski definition) is 7. The zero-order valence-electron chi connectivity index (χ0n) is 16.0. The van der Waals surface area contributed by atoms with Crippen molar-refractivity contribution in [1.29, 1.82) is 0 Å². The molecule has 0 aliphatic carbocycles. The SMILES string of the molecule is CCN(CC(=O)Nc1ccc2c(c1)OCCO2)Cc1noc(CC(C)C)n1. The molecule has 1 aliphatic rings. The van der Waals surface area contributed by atoms with Crippen molar-refractivity contribution in [2.45, 2.75) is 33.7 Å². The Morgan fingerprint density at radius 3 is 2.78 bits per heavy atom. The number of ether oxygens (including phenoxy) is 2. The third kappa shape index (κ3) is 5.43. The lowest BCUT2D eigenvalue weighted by Crippen LogP contribution is -2.33. The van der Waals surface area contributed by atoms with E-state index >= 15 is 0 Å². The number of likely N-dealkylation sites (N-methyl/N-ethyl adjacent to an activating group) is 1. The number of fused-ring (bicyclic) bond motifs is 1. The Kier molecular flexibility index (Phi) is 6.28. The summed E-state index contributed by atoms with van der Waals surface area (Å²) in [6.45, 7) is 8.65. The van der Waals surface area contributed by atoms with Gasteiger partial charge in [-0.2, -0.15) is 4.98 Å². The highest BCUT2D eigenvalue weighted by atomic mass is 16.6. The van der Waals surface area contributed by atoms with E-state index < -0.39 is 0 Å². The number of rotatable bonds is 8. The number of benzene rings is 1. The highest BCUT2D eigenvalue weighted by molar-refractivity contribution is 5.92. The van der Waals surface area contributed by atoms with Gasteiger partial charge in [-0.05, 0) is 24.6 Å². The summed E-state index contributed by atoms with van der Waals surface area (Å²) < 4.78 is 16.3. The number of carbonyl (C=O) groups is 1. The molecule has 0 saturated heterocycles. The zero-order valence-corrected chi connectivity index (χ0v) is 16.0. The van der Waals surface area contributed by atoms with Crippen molar-refractivity contribution in [3.05, 3.63) is 29.9 Å². The van der Waals surface area contributed by atoms with Crippen LogP contribution in [0.2, 0.25) is 0 Å². The summed E-state index contributed by atoms with van der Waals surface area (Å²) in [6, 6.07) is 5.39. The minimum Gasteiger partial charge on any atom is -0.486 e. The van der Waals surface area contributed by atoms with E-state index in [1.165, 1.54) is 0 Å². The molecule has 0 fully saturated rings. The van der Waals surface area contributed by atoms with E-state index in [2.05, 4.69) is 29.3 Å². The maximum absolute atomic E-state index is 12.4. The standard InChI is InChI=1S/C19H26N4O4/c1-4-23(11-17-21-19(27-22-17)9-13(2)3)12-18(24)20-14-5-6-15-16(10-14)26-8-7-25-15/h5-6,10,13H,4,7-9,11-12H2,1-3H3,(H,20,24). The van der Waals surface area contributed by atoms with Crippen LogP contribution in [-0.2, 0) is 17.8 Å². The highest BCUT2D eigenvalue weighted by Crippen LogP contribution is 2.32. The van der Waals surface area contributed by atoms with Crippen molar-refractivity contribution >= 4 is 11.6 Å². The third-order valence-corrected chi connectivity index (χ3v) is 4.10. The number of amides is 1. The van der Waals surface area contributed by atoms with Gasteiger partial charge in [0, 0.05) is 18.2 Å². The molecule has 8 nitrogen and oxygen atoms in total. The Hall–Kier alpha value is -2.61. The summed E-state index contributed by atoms with van der Waals surface area (Å²) in [5.74, 6) is 2.92. The Balaban J connectivity index is 1.54. The Labute approximate surface area is 158 Å². The largest absolute Gasteiger partial charge is 0.486 e. The first-order valence-corrected chi connectivity index (χ1v) is 9.26. The minimum atomic E-state index is -0.112. The smallest absolute Gasteiger partial charge is 0.238 e. The van der Waals surface area contributed by atoms with Gasteiger partial charge < -0.3 is 19.3 Å². The third-order valence-electron chi connectivity index (χ3n) is 4.10. The van der Waals surface area contributed by atoms with Crippen LogP contribution in [0.4, 0.5) is 5.69 Å². The van der Waals surface area contributed by atoms with Gasteiger partial charge in [0.15, 0.2) is 17.3 Å². The number of hydrogen-bond donors (Lipinski definition) is 1. The number of aromatic nitrogens is 2. The number of anilines is 1. The van der Waals surface area contributed by atoms with Crippen LogP contribution in [0.5, 0.6) is 11.5 Å². The van der Waals surface area contributed by atoms with Crippen molar-refractivity contribution in [3.8, 4) is 11.5 Å². The first kappa shape index (κ1) is 19.2. The van der Waals surface area contributed by atoms with Gasteiger partial charge in [-0.3, -0.25) is 9.69 Å². The van der Waals surface area contributed by atoms with Crippen LogP contribution in [0.25, 0.3) is 0 Å². The van der Waals surface area contributed by atoms with Crippen molar-refractivity contribution < 1.29 is 18.8 Å². The van der Waals surface area contributed by atoms with Gasteiger partial charge in [-0.1, -0.05) is 25.9 Å². The summed E-state index contributed by atoms with van der Waals surface area (Å²) in [7, 11) is 0. The summed E-state index contributed by atoms with van der Waals surface area (Å²) in [4.78, 5) is 18.8. The Bertz CT molecular complexity index is 775. The summed E-state index contributed by atoms with van der Waals surface area (Å²) in [5.41, 5.74) is 0.680. The average molecular weight is 374 g/mol. The summed E-state index contributed by atoms with van der Waals surface area (Å²) in [5, 5.41) is 6.90. The maximum Gasteiger partial charge on any atom is 0.238 e. The van der Waals surface area contributed by atoms with Gasteiger partial charge in [0.1, 0.15) is 13.2 Å². The van der Waals surface area contributed by atoms with Gasteiger partial charge in [0.05, 0.1) is 13.1 Å². The van der Waals surface area contributed by atoms with Crippen LogP contribution >= 0.6 is 0 Å². The van der Waals surface area contributed by atoms with Gasteiger partial charge in [-0.15, -0.1) is 0 Å². The van der Waals surface area contributed by atoms with Gasteiger partial charge in [-0.25, -0.2) is 0 Å². The summed E-state index contributed by atoms with van der Waals surface area (Å²) in [6.07, 6.45) is 0.754. The van der Waals surface area contributed by atoms with Crippen molar-refractivity contribution in [1.82, 2.24) is 15.0 Å². The maximum atomic E-state index is 12.4. The van der Waals surface area contributed by atoms with Crippen LogP contribution in [0, 0.1) is 5.92 Å². The zero-order chi connectivity index (χ0) is 19.2. The first-order valence-electron chi connectivity index (χ1n) is 9.26. The second-order valence-corrected chi connectivity index (χ2v) is 6.91. The lowest BCUT2D eigenvalue weighted by atomic mass is 10.1. The molecule has 1 N–H and O–H groups in total. The van der Waals surface area contributed by atoms with Crippen LogP contribution in [0.3, 0.4) is 0 Å². The predicted octanol–water partition coefficient (Wildman–Crippen LogP) is 2.50. The molecule has 2 aromatic rings. The van der Waals surface area contributed by atoms with E-state index in [1.54, 1.807) is 18.2 Å². The average Bonchev–Trinajstić information content (AvgIpc) is 3.07. The molecule has 0 saturated carbocycles. The number of carbonyl (C=O) groups excluding carboxylic acids is 1. The molecule has 0 atom stereocenters. The quantitative estimate of drug-likeness (QED) is 0.759. The molecule has 2 heterocycles. The van der Waals surface area contributed by atoms with E-state index in [-0.39, 0.29) is 12.5 Å². The van der Waals surface area contributed by atoms with Gasteiger partial charge in [0.2, 0.25) is 11.8 Å². The molecule has 1 amide bonds. The van der Waals surface area contributed by atoms with Crippen LogP contribution in [-0.4, -0.2) is 47.3 Å². The van der Waals surface area contributed by atoms with E-state index in [0.29, 0.717) is 61.1 Å². The molecule has 0 radical (unpaired) electrons. The molecule has 3 rings (SSSR count). The monoisotopic (exact) mass is 374 g/mol. The lowest BCUT2D eigenvalue weighted by molar-refractivity contribution is -0.117. The second-order valence-electron chi connectivity index (χ2n) is 6.91. The van der Waals surface area contributed by atoms with Crippen LogP contribution < -0.4 is 14.8 Å². The minimum absolute atomic E-state index is 0.112. The number of nitrogens with zero attached hydrogens (tertiary/aromatic N) is 3. The normalized spacial score (nSPS) is 13.2. The van der Waals surface area contributed by atoms with E-state index in [4.69, 9.17) is 14.0 Å².